The Morgan fingerprint density at radius 1 is 1.33 bits per heavy atom. The number of pyridine rings is 1. The molecule has 106 valence electrons. The number of aromatic carboxylic acids is 1. The van der Waals surface area contributed by atoms with Crippen molar-refractivity contribution >= 4 is 22.6 Å². The van der Waals surface area contributed by atoms with Crippen molar-refractivity contribution in [1.82, 2.24) is 10.1 Å². The number of hydrogen-bond acceptors (Lipinski definition) is 5. The van der Waals surface area contributed by atoms with Crippen LogP contribution in [0.1, 0.15) is 21.8 Å². The number of rotatable bonds is 4. The minimum atomic E-state index is -0.989. The van der Waals surface area contributed by atoms with E-state index in [4.69, 9.17) is 4.52 Å². The van der Waals surface area contributed by atoms with Crippen LogP contribution in [0.15, 0.2) is 41.1 Å². The first-order valence-corrected chi connectivity index (χ1v) is 6.42. The molecule has 0 saturated heterocycles. The summed E-state index contributed by atoms with van der Waals surface area (Å²) in [5.74, 6) is 0.375. The van der Waals surface area contributed by atoms with Gasteiger partial charge >= 0.3 is 5.97 Å². The third-order valence-corrected chi connectivity index (χ3v) is 3.14. The van der Waals surface area contributed by atoms with Gasteiger partial charge in [0.2, 0.25) is 0 Å². The van der Waals surface area contributed by atoms with E-state index in [0.717, 1.165) is 16.8 Å². The fourth-order valence-corrected chi connectivity index (χ4v) is 2.18. The molecule has 0 aliphatic carbocycles. The Morgan fingerprint density at radius 2 is 2.10 bits per heavy atom. The molecule has 0 amide bonds. The highest BCUT2D eigenvalue weighted by Gasteiger charge is 2.12. The highest BCUT2D eigenvalue weighted by atomic mass is 16.5. The first kappa shape index (κ1) is 13.1. The lowest BCUT2D eigenvalue weighted by atomic mass is 10.1. The van der Waals surface area contributed by atoms with Crippen LogP contribution in [0.3, 0.4) is 0 Å². The number of nitrogens with one attached hydrogen (secondary N) is 1. The predicted molar refractivity (Wildman–Crippen MR) is 77.3 cm³/mol. The molecule has 6 nitrogen and oxygen atoms in total. The van der Waals surface area contributed by atoms with Gasteiger partial charge in [0.25, 0.3) is 0 Å². The fraction of sp³-hybridized carbons (Fsp3) is 0.133. The Morgan fingerprint density at radius 3 is 2.76 bits per heavy atom. The molecular formula is C15H13N3O3. The van der Waals surface area contributed by atoms with Gasteiger partial charge < -0.3 is 14.9 Å². The van der Waals surface area contributed by atoms with Crippen LogP contribution in [0.5, 0.6) is 0 Å². The van der Waals surface area contributed by atoms with Crippen molar-refractivity contribution in [2.45, 2.75) is 13.5 Å². The molecule has 3 aromatic rings. The summed E-state index contributed by atoms with van der Waals surface area (Å²) >= 11 is 0. The highest BCUT2D eigenvalue weighted by Crippen LogP contribution is 2.24. The summed E-state index contributed by atoms with van der Waals surface area (Å²) in [4.78, 5) is 15.4. The van der Waals surface area contributed by atoms with Crippen LogP contribution in [-0.4, -0.2) is 21.2 Å². The second kappa shape index (κ2) is 5.24. The molecule has 0 radical (unpaired) electrons. The quantitative estimate of drug-likeness (QED) is 0.765. The predicted octanol–water partition coefficient (Wildman–Crippen LogP) is 2.84. The van der Waals surface area contributed by atoms with Gasteiger partial charge in [-0.15, -0.1) is 0 Å². The van der Waals surface area contributed by atoms with Crippen LogP contribution >= 0.6 is 0 Å². The van der Waals surface area contributed by atoms with Gasteiger partial charge in [0, 0.05) is 23.0 Å². The number of carbonyl (C=O) groups is 1. The molecule has 2 N–H and O–H groups in total. The monoisotopic (exact) mass is 283 g/mol. The molecule has 0 unspecified atom stereocenters. The lowest BCUT2D eigenvalue weighted by Crippen LogP contribution is -2.05. The maximum Gasteiger partial charge on any atom is 0.337 e. The molecule has 0 bridgehead atoms. The van der Waals surface area contributed by atoms with Crippen molar-refractivity contribution in [2.75, 3.05) is 5.32 Å². The summed E-state index contributed by atoms with van der Waals surface area (Å²) in [5, 5.41) is 17.7. The summed E-state index contributed by atoms with van der Waals surface area (Å²) in [5.41, 5.74) is 0.953. The summed E-state index contributed by atoms with van der Waals surface area (Å²) in [7, 11) is 0. The van der Waals surface area contributed by atoms with Crippen LogP contribution < -0.4 is 5.32 Å². The third kappa shape index (κ3) is 2.55. The summed E-state index contributed by atoms with van der Waals surface area (Å²) < 4.78 is 5.00. The van der Waals surface area contributed by atoms with E-state index in [1.54, 1.807) is 12.1 Å². The second-order valence-corrected chi connectivity index (χ2v) is 4.65. The zero-order valence-electron chi connectivity index (χ0n) is 11.3. The van der Waals surface area contributed by atoms with E-state index in [2.05, 4.69) is 15.5 Å². The minimum Gasteiger partial charge on any atom is -0.478 e. The Balaban J connectivity index is 1.96. The molecule has 0 atom stereocenters. The van der Waals surface area contributed by atoms with Crippen molar-refractivity contribution in [3.05, 3.63) is 53.5 Å². The van der Waals surface area contributed by atoms with E-state index in [1.165, 1.54) is 6.20 Å². The van der Waals surface area contributed by atoms with Gasteiger partial charge in [-0.05, 0) is 6.92 Å². The van der Waals surface area contributed by atoms with Gasteiger partial charge in [-0.3, -0.25) is 0 Å². The molecule has 2 aromatic heterocycles. The van der Waals surface area contributed by atoms with Gasteiger partial charge in [-0.1, -0.05) is 29.4 Å². The number of carboxylic acid groups (broad SMARTS) is 1. The van der Waals surface area contributed by atoms with Crippen molar-refractivity contribution in [2.24, 2.45) is 0 Å². The Hall–Kier alpha value is -2.89. The number of aromatic nitrogens is 2. The average Bonchev–Trinajstić information content (AvgIpc) is 2.90. The summed E-state index contributed by atoms with van der Waals surface area (Å²) in [6, 6.07) is 9.10. The van der Waals surface area contributed by atoms with E-state index >= 15 is 0 Å². The standard InChI is InChI=1S/C15H13N3O3/c1-9-6-10(18-21-9)7-16-14-12-5-3-2-4-11(12)13(8-17-14)15(19)20/h2-6,8H,7H2,1H3,(H,16,17)(H,19,20). The molecule has 21 heavy (non-hydrogen) atoms. The molecule has 0 fully saturated rings. The molecule has 0 saturated carbocycles. The number of carboxylic acids is 1. The number of fused-ring (bicyclic) bond motifs is 1. The van der Waals surface area contributed by atoms with Gasteiger partial charge in [-0.25, -0.2) is 9.78 Å². The van der Waals surface area contributed by atoms with Crippen LogP contribution in [0.4, 0.5) is 5.82 Å². The molecule has 2 heterocycles. The molecule has 1 aromatic carbocycles. The molecule has 6 heteroatoms. The fourth-order valence-electron chi connectivity index (χ4n) is 2.18. The lowest BCUT2D eigenvalue weighted by molar-refractivity contribution is 0.0698. The van der Waals surface area contributed by atoms with Crippen molar-refractivity contribution in [1.29, 1.82) is 0 Å². The maximum atomic E-state index is 11.2. The van der Waals surface area contributed by atoms with Crippen LogP contribution in [0.25, 0.3) is 10.8 Å². The molecular weight excluding hydrogens is 270 g/mol. The summed E-state index contributed by atoms with van der Waals surface area (Å²) in [6.07, 6.45) is 1.36. The smallest absolute Gasteiger partial charge is 0.337 e. The molecule has 0 spiro atoms. The Kier molecular flexibility index (Phi) is 3.27. The van der Waals surface area contributed by atoms with Crippen molar-refractivity contribution < 1.29 is 14.4 Å². The zero-order valence-corrected chi connectivity index (χ0v) is 11.3. The zero-order chi connectivity index (χ0) is 14.8. The van der Waals surface area contributed by atoms with Crippen LogP contribution in [-0.2, 0) is 6.54 Å². The summed E-state index contributed by atoms with van der Waals surface area (Å²) in [6.45, 7) is 2.28. The molecule has 0 aliphatic rings. The average molecular weight is 283 g/mol. The molecule has 3 rings (SSSR count). The SMILES string of the molecule is Cc1cc(CNc2ncc(C(=O)O)c3ccccc23)no1. The van der Waals surface area contributed by atoms with E-state index in [9.17, 15) is 9.90 Å². The van der Waals surface area contributed by atoms with Crippen molar-refractivity contribution in [3.63, 3.8) is 0 Å². The van der Waals surface area contributed by atoms with E-state index in [0.29, 0.717) is 17.7 Å². The van der Waals surface area contributed by atoms with Crippen LogP contribution in [0, 0.1) is 6.92 Å². The maximum absolute atomic E-state index is 11.2. The van der Waals surface area contributed by atoms with E-state index in [1.807, 2.05) is 25.1 Å². The molecule has 0 aliphatic heterocycles. The van der Waals surface area contributed by atoms with Crippen LogP contribution in [0.2, 0.25) is 0 Å². The second-order valence-electron chi connectivity index (χ2n) is 4.65. The van der Waals surface area contributed by atoms with E-state index < -0.39 is 5.97 Å². The number of hydrogen-bond donors (Lipinski definition) is 2. The Labute approximate surface area is 120 Å². The topological polar surface area (TPSA) is 88.2 Å². The number of anilines is 1. The highest BCUT2D eigenvalue weighted by molar-refractivity contribution is 6.06. The number of nitrogens with zero attached hydrogens (tertiary/aromatic N) is 2. The minimum absolute atomic E-state index is 0.188. The van der Waals surface area contributed by atoms with E-state index in [-0.39, 0.29) is 5.56 Å². The van der Waals surface area contributed by atoms with Gasteiger partial charge in [-0.2, -0.15) is 0 Å². The normalized spacial score (nSPS) is 10.7. The first-order valence-electron chi connectivity index (χ1n) is 6.42. The number of benzene rings is 1. The van der Waals surface area contributed by atoms with Gasteiger partial charge in [0.1, 0.15) is 17.3 Å². The van der Waals surface area contributed by atoms with Crippen molar-refractivity contribution in [3.8, 4) is 0 Å². The number of aryl methyl sites for hydroxylation is 1. The largest absolute Gasteiger partial charge is 0.478 e. The van der Waals surface area contributed by atoms with Gasteiger partial charge in [0.05, 0.1) is 12.1 Å². The Bertz CT molecular complexity index is 811. The third-order valence-electron chi connectivity index (χ3n) is 3.14. The lowest BCUT2D eigenvalue weighted by Gasteiger charge is -2.09. The van der Waals surface area contributed by atoms with Gasteiger partial charge in [0.15, 0.2) is 0 Å². The first-order chi connectivity index (χ1) is 10.1.